The molecule has 4 rings (SSSR count). The average Bonchev–Trinajstić information content (AvgIpc) is 3.33. The van der Waals surface area contributed by atoms with Crippen LogP contribution >= 0.6 is 0 Å². The molecule has 8 nitrogen and oxygen atoms in total. The van der Waals surface area contributed by atoms with Crippen molar-refractivity contribution in [1.29, 1.82) is 0 Å². The van der Waals surface area contributed by atoms with Crippen LogP contribution in [0.2, 0.25) is 0 Å². The van der Waals surface area contributed by atoms with Crippen molar-refractivity contribution >= 4 is 11.2 Å². The van der Waals surface area contributed by atoms with Gasteiger partial charge in [-0.3, -0.25) is 13.9 Å². The van der Waals surface area contributed by atoms with Gasteiger partial charge in [-0.05, 0) is 25.3 Å². The van der Waals surface area contributed by atoms with Gasteiger partial charge in [-0.25, -0.2) is 9.78 Å². The highest BCUT2D eigenvalue weighted by atomic mass is 16.5. The Bertz CT molecular complexity index is 1250. The van der Waals surface area contributed by atoms with Crippen LogP contribution in [0.4, 0.5) is 0 Å². The zero-order chi connectivity index (χ0) is 20.4. The monoisotopic (exact) mass is 393 g/mol. The first-order valence-electron chi connectivity index (χ1n) is 9.65. The summed E-state index contributed by atoms with van der Waals surface area (Å²) in [5.41, 5.74) is 2.12. The molecule has 3 aromatic heterocycles. The Morgan fingerprint density at radius 2 is 1.90 bits per heavy atom. The van der Waals surface area contributed by atoms with E-state index in [1.54, 1.807) is 17.9 Å². The first-order chi connectivity index (χ1) is 14.0. The molecule has 0 amide bonds. The number of nitrogens with zero attached hydrogens (tertiary/aromatic N) is 5. The summed E-state index contributed by atoms with van der Waals surface area (Å²) in [6, 6.07) is 11.8. The van der Waals surface area contributed by atoms with Gasteiger partial charge in [0, 0.05) is 32.6 Å². The molecular weight excluding hydrogens is 370 g/mol. The molecule has 8 heteroatoms. The summed E-state index contributed by atoms with van der Waals surface area (Å²) in [5, 5.41) is 3.87. The SMILES string of the molecule is Cc1cc(CCCCn2c(=O)c3c(ncn3Cc3ccccc3)n(C)c2=O)on1. The lowest BCUT2D eigenvalue weighted by Gasteiger charge is -2.10. The van der Waals surface area contributed by atoms with E-state index in [2.05, 4.69) is 10.1 Å². The lowest BCUT2D eigenvalue weighted by Crippen LogP contribution is -2.39. The molecule has 0 aliphatic carbocycles. The van der Waals surface area contributed by atoms with Crippen LogP contribution in [0.15, 0.2) is 56.8 Å². The Kier molecular flexibility index (Phi) is 5.16. The third kappa shape index (κ3) is 3.78. The third-order valence-corrected chi connectivity index (χ3v) is 5.03. The molecule has 0 spiro atoms. The van der Waals surface area contributed by atoms with Crippen molar-refractivity contribution in [2.45, 2.75) is 39.3 Å². The minimum absolute atomic E-state index is 0.299. The summed E-state index contributed by atoms with van der Waals surface area (Å²) in [6.45, 7) is 2.75. The van der Waals surface area contributed by atoms with Crippen molar-refractivity contribution in [2.75, 3.05) is 0 Å². The van der Waals surface area contributed by atoms with Crippen LogP contribution in [-0.4, -0.2) is 23.8 Å². The van der Waals surface area contributed by atoms with Gasteiger partial charge in [-0.1, -0.05) is 35.5 Å². The van der Waals surface area contributed by atoms with Crippen LogP contribution < -0.4 is 11.2 Å². The fourth-order valence-electron chi connectivity index (χ4n) is 3.52. The molecule has 0 fully saturated rings. The van der Waals surface area contributed by atoms with E-state index >= 15 is 0 Å². The van der Waals surface area contributed by atoms with Crippen LogP contribution in [0.3, 0.4) is 0 Å². The van der Waals surface area contributed by atoms with Gasteiger partial charge < -0.3 is 9.09 Å². The van der Waals surface area contributed by atoms with E-state index in [0.717, 1.165) is 29.9 Å². The quantitative estimate of drug-likeness (QED) is 0.450. The van der Waals surface area contributed by atoms with Crippen molar-refractivity contribution in [3.05, 3.63) is 80.6 Å². The van der Waals surface area contributed by atoms with Crippen LogP contribution in [-0.2, 0) is 26.6 Å². The molecule has 0 aliphatic heterocycles. The highest BCUT2D eigenvalue weighted by molar-refractivity contribution is 5.70. The number of aromatic nitrogens is 5. The van der Waals surface area contributed by atoms with Crippen LogP contribution in [0.1, 0.15) is 29.9 Å². The number of aryl methyl sites for hydroxylation is 3. The predicted molar refractivity (Wildman–Crippen MR) is 109 cm³/mol. The molecule has 1 aromatic carbocycles. The molecule has 0 unspecified atom stereocenters. The summed E-state index contributed by atoms with van der Waals surface area (Å²) in [7, 11) is 1.65. The maximum atomic E-state index is 13.1. The van der Waals surface area contributed by atoms with Crippen molar-refractivity contribution in [1.82, 2.24) is 23.8 Å². The maximum absolute atomic E-state index is 13.1. The second-order valence-corrected chi connectivity index (χ2v) is 7.22. The summed E-state index contributed by atoms with van der Waals surface area (Å²) < 4.78 is 9.76. The molecule has 0 saturated heterocycles. The van der Waals surface area contributed by atoms with Gasteiger partial charge in [-0.15, -0.1) is 0 Å². The highest BCUT2D eigenvalue weighted by Gasteiger charge is 2.16. The van der Waals surface area contributed by atoms with Crippen molar-refractivity contribution in [3.8, 4) is 0 Å². The smallest absolute Gasteiger partial charge is 0.332 e. The number of rotatable bonds is 7. The van der Waals surface area contributed by atoms with Gasteiger partial charge >= 0.3 is 5.69 Å². The Morgan fingerprint density at radius 3 is 2.62 bits per heavy atom. The van der Waals surface area contributed by atoms with Gasteiger partial charge in [-0.2, -0.15) is 0 Å². The Balaban J connectivity index is 1.59. The first kappa shape index (κ1) is 18.9. The van der Waals surface area contributed by atoms with Gasteiger partial charge in [0.15, 0.2) is 11.2 Å². The van der Waals surface area contributed by atoms with Gasteiger partial charge in [0.2, 0.25) is 0 Å². The summed E-state index contributed by atoms with van der Waals surface area (Å²) in [6.07, 6.45) is 3.83. The van der Waals surface area contributed by atoms with E-state index < -0.39 is 0 Å². The van der Waals surface area contributed by atoms with E-state index in [4.69, 9.17) is 4.52 Å². The summed E-state index contributed by atoms with van der Waals surface area (Å²) >= 11 is 0. The number of fused-ring (bicyclic) bond motifs is 1. The minimum atomic E-state index is -0.344. The fourth-order valence-corrected chi connectivity index (χ4v) is 3.52. The number of hydrogen-bond donors (Lipinski definition) is 0. The topological polar surface area (TPSA) is 87.9 Å². The Labute approximate surface area is 167 Å². The van der Waals surface area contributed by atoms with Crippen molar-refractivity contribution in [2.24, 2.45) is 7.05 Å². The lowest BCUT2D eigenvalue weighted by atomic mass is 10.2. The molecule has 3 heterocycles. The molecular formula is C21H23N5O3. The fraction of sp³-hybridized carbons (Fsp3) is 0.333. The second-order valence-electron chi connectivity index (χ2n) is 7.22. The maximum Gasteiger partial charge on any atom is 0.332 e. The first-order valence-corrected chi connectivity index (χ1v) is 9.65. The van der Waals surface area contributed by atoms with Crippen LogP contribution in [0.25, 0.3) is 11.2 Å². The van der Waals surface area contributed by atoms with E-state index in [1.165, 1.54) is 9.13 Å². The van der Waals surface area contributed by atoms with Gasteiger partial charge in [0.25, 0.3) is 5.56 Å². The Hall–Kier alpha value is -3.42. The van der Waals surface area contributed by atoms with E-state index in [0.29, 0.717) is 30.7 Å². The van der Waals surface area contributed by atoms with Crippen LogP contribution in [0, 0.1) is 6.92 Å². The lowest BCUT2D eigenvalue weighted by molar-refractivity contribution is 0.374. The average molecular weight is 393 g/mol. The molecule has 0 N–H and O–H groups in total. The van der Waals surface area contributed by atoms with E-state index in [1.807, 2.05) is 43.3 Å². The molecule has 0 saturated carbocycles. The summed E-state index contributed by atoms with van der Waals surface area (Å²) in [5.74, 6) is 0.819. The molecule has 0 atom stereocenters. The molecule has 0 aliphatic rings. The van der Waals surface area contributed by atoms with Crippen molar-refractivity contribution < 1.29 is 4.52 Å². The van der Waals surface area contributed by atoms with E-state index in [-0.39, 0.29) is 11.2 Å². The number of imidazole rings is 1. The number of unbranched alkanes of at least 4 members (excludes halogenated alkanes) is 1. The Morgan fingerprint density at radius 1 is 1.10 bits per heavy atom. The van der Waals surface area contributed by atoms with E-state index in [9.17, 15) is 9.59 Å². The minimum Gasteiger partial charge on any atom is -0.361 e. The van der Waals surface area contributed by atoms with Crippen molar-refractivity contribution in [3.63, 3.8) is 0 Å². The predicted octanol–water partition coefficient (Wildman–Crippen LogP) is 2.26. The zero-order valence-electron chi connectivity index (χ0n) is 16.5. The molecule has 0 radical (unpaired) electrons. The molecule has 4 aromatic rings. The molecule has 0 bridgehead atoms. The third-order valence-electron chi connectivity index (χ3n) is 5.03. The largest absolute Gasteiger partial charge is 0.361 e. The summed E-state index contributed by atoms with van der Waals surface area (Å²) in [4.78, 5) is 30.1. The standard InChI is InChI=1S/C21H23N5O3/c1-15-12-17(29-23-15)10-6-7-11-26-20(27)18-19(24(2)21(26)28)22-14-25(18)13-16-8-4-3-5-9-16/h3-5,8-9,12,14H,6-7,10-11,13H2,1-2H3. The number of benzene rings is 1. The van der Waals surface area contributed by atoms with Crippen LogP contribution in [0.5, 0.6) is 0 Å². The normalized spacial score (nSPS) is 11.4. The highest BCUT2D eigenvalue weighted by Crippen LogP contribution is 2.10. The number of hydrogen-bond acceptors (Lipinski definition) is 5. The zero-order valence-corrected chi connectivity index (χ0v) is 16.5. The second kappa shape index (κ2) is 7.90. The molecule has 150 valence electrons. The molecule has 29 heavy (non-hydrogen) atoms. The van der Waals surface area contributed by atoms with Gasteiger partial charge in [0.05, 0.1) is 12.0 Å². The van der Waals surface area contributed by atoms with Gasteiger partial charge in [0.1, 0.15) is 5.76 Å².